The number of likely N-dealkylation sites (N-methyl/N-ethyl adjacent to an activating group) is 1. The topological polar surface area (TPSA) is 84.7 Å². The standard InChI is InChI=1S/C15H23N3O3/c1-3-8-18(11-14(19)17-2)15(20)7-9-21-13-6-4-5-12(16)10-13/h4-6,10H,3,7-9,11,16H2,1-2H3,(H,17,19). The zero-order valence-corrected chi connectivity index (χ0v) is 12.6. The third-order valence-corrected chi connectivity index (χ3v) is 2.90. The second kappa shape index (κ2) is 8.84. The smallest absolute Gasteiger partial charge is 0.239 e. The Labute approximate surface area is 125 Å². The van der Waals surface area contributed by atoms with Gasteiger partial charge in [-0.25, -0.2) is 0 Å². The molecule has 0 aliphatic carbocycles. The van der Waals surface area contributed by atoms with Gasteiger partial charge in [-0.1, -0.05) is 13.0 Å². The van der Waals surface area contributed by atoms with Crippen LogP contribution in [-0.2, 0) is 9.59 Å². The lowest BCUT2D eigenvalue weighted by molar-refractivity contribution is -0.136. The van der Waals surface area contributed by atoms with Crippen molar-refractivity contribution in [3.8, 4) is 5.75 Å². The molecular formula is C15H23N3O3. The van der Waals surface area contributed by atoms with E-state index in [0.29, 0.717) is 18.0 Å². The SMILES string of the molecule is CCCN(CC(=O)NC)C(=O)CCOc1cccc(N)c1. The summed E-state index contributed by atoms with van der Waals surface area (Å²) in [5.74, 6) is 0.369. The van der Waals surface area contributed by atoms with E-state index in [1.807, 2.05) is 6.92 Å². The van der Waals surface area contributed by atoms with E-state index in [1.165, 1.54) is 0 Å². The third kappa shape index (κ3) is 6.16. The average Bonchev–Trinajstić information content (AvgIpc) is 2.46. The van der Waals surface area contributed by atoms with Gasteiger partial charge in [0.15, 0.2) is 0 Å². The highest BCUT2D eigenvalue weighted by atomic mass is 16.5. The Balaban J connectivity index is 2.44. The first-order chi connectivity index (χ1) is 10.1. The highest BCUT2D eigenvalue weighted by molar-refractivity contribution is 5.84. The summed E-state index contributed by atoms with van der Waals surface area (Å²) in [5, 5.41) is 2.52. The zero-order chi connectivity index (χ0) is 15.7. The molecule has 21 heavy (non-hydrogen) atoms. The van der Waals surface area contributed by atoms with Crippen LogP contribution in [-0.4, -0.2) is 43.5 Å². The molecule has 1 aromatic carbocycles. The van der Waals surface area contributed by atoms with Crippen LogP contribution in [0.4, 0.5) is 5.69 Å². The molecule has 6 heteroatoms. The number of nitrogens with two attached hydrogens (primary N) is 1. The van der Waals surface area contributed by atoms with Crippen molar-refractivity contribution in [3.63, 3.8) is 0 Å². The summed E-state index contributed by atoms with van der Waals surface area (Å²) in [6.45, 7) is 2.87. The maximum absolute atomic E-state index is 12.1. The van der Waals surface area contributed by atoms with Gasteiger partial charge in [-0.15, -0.1) is 0 Å². The van der Waals surface area contributed by atoms with E-state index in [2.05, 4.69) is 5.32 Å². The molecule has 0 bridgehead atoms. The van der Waals surface area contributed by atoms with Crippen molar-refractivity contribution in [3.05, 3.63) is 24.3 Å². The summed E-state index contributed by atoms with van der Waals surface area (Å²) < 4.78 is 5.49. The first-order valence-electron chi connectivity index (χ1n) is 7.03. The molecule has 6 nitrogen and oxygen atoms in total. The second-order valence-corrected chi connectivity index (χ2v) is 4.66. The van der Waals surface area contributed by atoms with Gasteiger partial charge in [0.1, 0.15) is 5.75 Å². The van der Waals surface area contributed by atoms with Crippen LogP contribution in [0.15, 0.2) is 24.3 Å². The number of benzene rings is 1. The van der Waals surface area contributed by atoms with Gasteiger partial charge in [0.2, 0.25) is 11.8 Å². The van der Waals surface area contributed by atoms with Crippen molar-refractivity contribution in [1.29, 1.82) is 0 Å². The molecule has 0 atom stereocenters. The molecule has 0 aromatic heterocycles. The maximum atomic E-state index is 12.1. The first kappa shape index (κ1) is 16.8. The van der Waals surface area contributed by atoms with Gasteiger partial charge < -0.3 is 20.7 Å². The van der Waals surface area contributed by atoms with Crippen LogP contribution in [0.5, 0.6) is 5.75 Å². The van der Waals surface area contributed by atoms with E-state index in [-0.39, 0.29) is 31.4 Å². The van der Waals surface area contributed by atoms with Crippen molar-refractivity contribution < 1.29 is 14.3 Å². The van der Waals surface area contributed by atoms with Gasteiger partial charge in [0, 0.05) is 25.3 Å². The molecule has 0 aliphatic heterocycles. The van der Waals surface area contributed by atoms with Gasteiger partial charge in [-0.05, 0) is 18.6 Å². The number of nitrogens with zero attached hydrogens (tertiary/aromatic N) is 1. The van der Waals surface area contributed by atoms with Crippen molar-refractivity contribution in [2.45, 2.75) is 19.8 Å². The molecule has 0 saturated carbocycles. The van der Waals surface area contributed by atoms with Crippen LogP contribution in [0.2, 0.25) is 0 Å². The van der Waals surface area contributed by atoms with Gasteiger partial charge in [-0.3, -0.25) is 9.59 Å². The van der Waals surface area contributed by atoms with Crippen LogP contribution in [0.1, 0.15) is 19.8 Å². The summed E-state index contributed by atoms with van der Waals surface area (Å²) in [6, 6.07) is 7.06. The number of nitrogens with one attached hydrogen (secondary N) is 1. The van der Waals surface area contributed by atoms with Crippen molar-refractivity contribution in [2.75, 3.05) is 32.5 Å². The molecule has 1 aromatic rings. The average molecular weight is 293 g/mol. The van der Waals surface area contributed by atoms with Crippen LogP contribution in [0.25, 0.3) is 0 Å². The van der Waals surface area contributed by atoms with Crippen molar-refractivity contribution >= 4 is 17.5 Å². The lowest BCUT2D eigenvalue weighted by Crippen LogP contribution is -2.40. The summed E-state index contributed by atoms with van der Waals surface area (Å²) in [5.41, 5.74) is 6.27. The normalized spacial score (nSPS) is 10.0. The minimum absolute atomic E-state index is 0.0848. The summed E-state index contributed by atoms with van der Waals surface area (Å²) in [6.07, 6.45) is 1.03. The number of hydrogen-bond donors (Lipinski definition) is 2. The summed E-state index contributed by atoms with van der Waals surface area (Å²) in [4.78, 5) is 25.0. The second-order valence-electron chi connectivity index (χ2n) is 4.66. The van der Waals surface area contributed by atoms with E-state index < -0.39 is 0 Å². The number of amides is 2. The number of hydrogen-bond acceptors (Lipinski definition) is 4. The maximum Gasteiger partial charge on any atom is 0.239 e. The molecule has 0 aliphatic rings. The number of carbonyl (C=O) groups is 2. The third-order valence-electron chi connectivity index (χ3n) is 2.90. The molecule has 0 spiro atoms. The molecule has 1 rings (SSSR count). The predicted octanol–water partition coefficient (Wildman–Crippen LogP) is 1.02. The Hall–Kier alpha value is -2.24. The fraction of sp³-hybridized carbons (Fsp3) is 0.467. The van der Waals surface area contributed by atoms with Gasteiger partial charge in [0.25, 0.3) is 0 Å². The minimum Gasteiger partial charge on any atom is -0.493 e. The number of carbonyl (C=O) groups excluding carboxylic acids is 2. The molecule has 0 radical (unpaired) electrons. The lowest BCUT2D eigenvalue weighted by atomic mass is 10.3. The molecule has 2 amide bonds. The lowest BCUT2D eigenvalue weighted by Gasteiger charge is -2.21. The van der Waals surface area contributed by atoms with E-state index in [0.717, 1.165) is 6.42 Å². The molecule has 0 fully saturated rings. The van der Waals surface area contributed by atoms with E-state index in [1.54, 1.807) is 36.2 Å². The first-order valence-corrected chi connectivity index (χ1v) is 7.03. The summed E-state index contributed by atoms with van der Waals surface area (Å²) >= 11 is 0. The predicted molar refractivity (Wildman–Crippen MR) is 81.9 cm³/mol. The minimum atomic E-state index is -0.173. The fourth-order valence-corrected chi connectivity index (χ4v) is 1.83. The molecule has 0 saturated heterocycles. The van der Waals surface area contributed by atoms with E-state index in [9.17, 15) is 9.59 Å². The van der Waals surface area contributed by atoms with E-state index in [4.69, 9.17) is 10.5 Å². The number of nitrogen functional groups attached to an aromatic ring is 1. The molecular weight excluding hydrogens is 270 g/mol. The Morgan fingerprint density at radius 1 is 1.38 bits per heavy atom. The number of ether oxygens (including phenoxy) is 1. The Kier molecular flexibility index (Phi) is 7.08. The van der Waals surface area contributed by atoms with Gasteiger partial charge in [-0.2, -0.15) is 0 Å². The fourth-order valence-electron chi connectivity index (χ4n) is 1.83. The van der Waals surface area contributed by atoms with Crippen LogP contribution in [0, 0.1) is 0 Å². The Morgan fingerprint density at radius 3 is 2.76 bits per heavy atom. The molecule has 116 valence electrons. The van der Waals surface area contributed by atoms with E-state index >= 15 is 0 Å². The highest BCUT2D eigenvalue weighted by Crippen LogP contribution is 2.14. The van der Waals surface area contributed by atoms with Crippen LogP contribution >= 0.6 is 0 Å². The highest BCUT2D eigenvalue weighted by Gasteiger charge is 2.15. The summed E-state index contributed by atoms with van der Waals surface area (Å²) in [7, 11) is 1.56. The van der Waals surface area contributed by atoms with Crippen LogP contribution < -0.4 is 15.8 Å². The number of anilines is 1. The molecule has 0 unspecified atom stereocenters. The Morgan fingerprint density at radius 2 is 2.14 bits per heavy atom. The Bertz CT molecular complexity index is 477. The largest absolute Gasteiger partial charge is 0.493 e. The van der Waals surface area contributed by atoms with Gasteiger partial charge >= 0.3 is 0 Å². The number of rotatable bonds is 8. The van der Waals surface area contributed by atoms with Crippen molar-refractivity contribution in [1.82, 2.24) is 10.2 Å². The zero-order valence-electron chi connectivity index (χ0n) is 12.6. The van der Waals surface area contributed by atoms with Crippen LogP contribution in [0.3, 0.4) is 0 Å². The van der Waals surface area contributed by atoms with Gasteiger partial charge in [0.05, 0.1) is 19.6 Å². The monoisotopic (exact) mass is 293 g/mol. The molecule has 3 N–H and O–H groups in total. The quantitative estimate of drug-likeness (QED) is 0.701. The van der Waals surface area contributed by atoms with Crippen molar-refractivity contribution in [2.24, 2.45) is 0 Å². The molecule has 0 heterocycles.